The predicted octanol–water partition coefficient (Wildman–Crippen LogP) is 3.47. The van der Waals surface area contributed by atoms with Gasteiger partial charge >= 0.3 is 11.9 Å². The molecule has 0 radical (unpaired) electrons. The maximum absolute atomic E-state index is 11.8. The van der Waals surface area contributed by atoms with Crippen LogP contribution in [0.15, 0.2) is 11.6 Å². The molecule has 0 saturated heterocycles. The molecule has 0 spiro atoms. The minimum Gasteiger partial charge on any atom is -0.481 e. The fourth-order valence-corrected chi connectivity index (χ4v) is 3.31. The van der Waals surface area contributed by atoms with E-state index in [1.165, 1.54) is 0 Å². The minimum absolute atomic E-state index is 0.0470. The number of aliphatic carboxylic acids is 2. The standard InChI is InChI=1S/C15H24O4/c1-3-5-10-12(13(16)17)15(4-2,14(18)19)11-8-6-7-9-11/h10-11H,3-9H2,1-2H3,(H,16,17)(H,18,19). The largest absolute Gasteiger partial charge is 0.481 e. The summed E-state index contributed by atoms with van der Waals surface area (Å²) >= 11 is 0. The van der Waals surface area contributed by atoms with E-state index >= 15 is 0 Å². The summed E-state index contributed by atoms with van der Waals surface area (Å²) in [7, 11) is 0. The Balaban J connectivity index is 3.26. The van der Waals surface area contributed by atoms with Gasteiger partial charge in [0, 0.05) is 0 Å². The van der Waals surface area contributed by atoms with E-state index in [1.807, 2.05) is 6.92 Å². The molecule has 1 aliphatic carbocycles. The van der Waals surface area contributed by atoms with E-state index in [0.29, 0.717) is 12.8 Å². The number of hydrogen-bond acceptors (Lipinski definition) is 2. The van der Waals surface area contributed by atoms with Crippen molar-refractivity contribution in [2.24, 2.45) is 11.3 Å². The first-order valence-electron chi connectivity index (χ1n) is 7.18. The van der Waals surface area contributed by atoms with Crippen molar-refractivity contribution >= 4 is 11.9 Å². The van der Waals surface area contributed by atoms with Crippen molar-refractivity contribution in [2.45, 2.75) is 58.8 Å². The first-order valence-corrected chi connectivity index (χ1v) is 7.18. The Morgan fingerprint density at radius 3 is 2.16 bits per heavy atom. The molecule has 1 saturated carbocycles. The van der Waals surface area contributed by atoms with Crippen LogP contribution in [0, 0.1) is 11.3 Å². The van der Waals surface area contributed by atoms with Crippen LogP contribution in [0.3, 0.4) is 0 Å². The molecule has 1 atom stereocenters. The van der Waals surface area contributed by atoms with E-state index < -0.39 is 17.4 Å². The first-order chi connectivity index (χ1) is 9.00. The van der Waals surface area contributed by atoms with E-state index in [0.717, 1.165) is 32.1 Å². The van der Waals surface area contributed by atoms with Gasteiger partial charge in [0.25, 0.3) is 0 Å². The van der Waals surface area contributed by atoms with Crippen molar-refractivity contribution in [3.05, 3.63) is 11.6 Å². The summed E-state index contributed by atoms with van der Waals surface area (Å²) in [5.74, 6) is -2.11. The van der Waals surface area contributed by atoms with Crippen molar-refractivity contribution in [3.63, 3.8) is 0 Å². The maximum Gasteiger partial charge on any atom is 0.332 e. The van der Waals surface area contributed by atoms with Crippen LogP contribution < -0.4 is 0 Å². The van der Waals surface area contributed by atoms with Crippen LogP contribution >= 0.6 is 0 Å². The summed E-state index contributed by atoms with van der Waals surface area (Å²) in [4.78, 5) is 23.4. The van der Waals surface area contributed by atoms with Crippen molar-refractivity contribution in [1.82, 2.24) is 0 Å². The molecule has 0 aromatic rings. The van der Waals surface area contributed by atoms with Gasteiger partial charge < -0.3 is 10.2 Å². The molecular formula is C15H24O4. The molecule has 0 aliphatic heterocycles. The quantitative estimate of drug-likeness (QED) is 0.693. The van der Waals surface area contributed by atoms with E-state index in [1.54, 1.807) is 13.0 Å². The first kappa shape index (κ1) is 15.7. The molecule has 0 aromatic carbocycles. The highest BCUT2D eigenvalue weighted by molar-refractivity contribution is 5.96. The molecule has 19 heavy (non-hydrogen) atoms. The highest BCUT2D eigenvalue weighted by Crippen LogP contribution is 2.47. The minimum atomic E-state index is -1.21. The Morgan fingerprint density at radius 1 is 1.21 bits per heavy atom. The average Bonchev–Trinajstić information content (AvgIpc) is 2.87. The number of carboxylic acid groups (broad SMARTS) is 2. The Hall–Kier alpha value is -1.32. The number of rotatable bonds is 7. The topological polar surface area (TPSA) is 74.6 Å². The van der Waals surface area contributed by atoms with Gasteiger partial charge in [-0.3, -0.25) is 4.79 Å². The number of allylic oxidation sites excluding steroid dienone is 1. The van der Waals surface area contributed by atoms with Crippen molar-refractivity contribution in [3.8, 4) is 0 Å². The smallest absolute Gasteiger partial charge is 0.332 e. The van der Waals surface area contributed by atoms with Crippen molar-refractivity contribution in [1.29, 1.82) is 0 Å². The van der Waals surface area contributed by atoms with E-state index in [9.17, 15) is 19.8 Å². The highest BCUT2D eigenvalue weighted by atomic mass is 16.4. The lowest BCUT2D eigenvalue weighted by atomic mass is 9.66. The average molecular weight is 268 g/mol. The zero-order valence-corrected chi connectivity index (χ0v) is 11.8. The zero-order chi connectivity index (χ0) is 14.5. The van der Waals surface area contributed by atoms with E-state index in [4.69, 9.17) is 0 Å². The van der Waals surface area contributed by atoms with Crippen LogP contribution in [0.4, 0.5) is 0 Å². The summed E-state index contributed by atoms with van der Waals surface area (Å²) < 4.78 is 0. The van der Waals surface area contributed by atoms with Crippen molar-refractivity contribution < 1.29 is 19.8 Å². The summed E-state index contributed by atoms with van der Waals surface area (Å²) in [5, 5.41) is 19.1. The third kappa shape index (κ3) is 2.99. The summed E-state index contributed by atoms with van der Waals surface area (Å²) in [6, 6.07) is 0. The Bertz CT molecular complexity index is 366. The number of carbonyl (C=O) groups is 2. The second-order valence-corrected chi connectivity index (χ2v) is 5.32. The van der Waals surface area contributed by atoms with Gasteiger partial charge in [0.2, 0.25) is 0 Å². The third-order valence-electron chi connectivity index (χ3n) is 4.34. The van der Waals surface area contributed by atoms with Gasteiger partial charge in [0.05, 0.1) is 5.57 Å². The maximum atomic E-state index is 11.8. The second-order valence-electron chi connectivity index (χ2n) is 5.32. The molecule has 2 N–H and O–H groups in total. The van der Waals surface area contributed by atoms with E-state index in [2.05, 4.69) is 0 Å². The van der Waals surface area contributed by atoms with Gasteiger partial charge in [-0.25, -0.2) is 4.79 Å². The van der Waals surface area contributed by atoms with Gasteiger partial charge in [0.15, 0.2) is 0 Å². The van der Waals surface area contributed by atoms with Crippen LogP contribution in [0.25, 0.3) is 0 Å². The molecule has 0 bridgehead atoms. The SMILES string of the molecule is CCCC=C(C(=O)O)C(CC)(C(=O)O)C1CCCC1. The van der Waals surface area contributed by atoms with Crippen LogP contribution in [0.1, 0.15) is 58.8 Å². The lowest BCUT2D eigenvalue weighted by Gasteiger charge is -2.35. The number of unbranched alkanes of at least 4 members (excludes halogenated alkanes) is 1. The van der Waals surface area contributed by atoms with Crippen LogP contribution in [0.2, 0.25) is 0 Å². The predicted molar refractivity (Wildman–Crippen MR) is 72.9 cm³/mol. The van der Waals surface area contributed by atoms with Gasteiger partial charge in [-0.1, -0.05) is 39.2 Å². The van der Waals surface area contributed by atoms with Crippen LogP contribution in [-0.2, 0) is 9.59 Å². The molecule has 4 nitrogen and oxygen atoms in total. The fraction of sp³-hybridized carbons (Fsp3) is 0.733. The molecule has 0 amide bonds. The summed E-state index contributed by atoms with van der Waals surface area (Å²) in [5.41, 5.74) is -1.12. The third-order valence-corrected chi connectivity index (χ3v) is 4.34. The number of carboxylic acids is 2. The Kier molecular flexibility index (Phi) is 5.58. The number of hydrogen-bond donors (Lipinski definition) is 2. The summed E-state index contributed by atoms with van der Waals surface area (Å²) in [6.45, 7) is 3.75. The van der Waals surface area contributed by atoms with Gasteiger partial charge in [0.1, 0.15) is 5.41 Å². The van der Waals surface area contributed by atoms with Gasteiger partial charge in [-0.15, -0.1) is 0 Å². The van der Waals surface area contributed by atoms with Gasteiger partial charge in [-0.05, 0) is 31.6 Å². The molecule has 1 rings (SSSR count). The Labute approximate surface area is 114 Å². The molecule has 4 heteroatoms. The molecule has 0 heterocycles. The summed E-state index contributed by atoms with van der Waals surface area (Å²) in [6.07, 6.45) is 7.03. The van der Waals surface area contributed by atoms with Crippen LogP contribution in [0.5, 0.6) is 0 Å². The molecule has 1 aliphatic rings. The normalized spacial score (nSPS) is 20.2. The molecule has 108 valence electrons. The fourth-order valence-electron chi connectivity index (χ4n) is 3.31. The second kappa shape index (κ2) is 6.73. The Morgan fingerprint density at radius 2 is 1.79 bits per heavy atom. The lowest BCUT2D eigenvalue weighted by molar-refractivity contribution is -0.153. The van der Waals surface area contributed by atoms with Crippen LogP contribution in [-0.4, -0.2) is 22.2 Å². The van der Waals surface area contributed by atoms with E-state index in [-0.39, 0.29) is 11.5 Å². The van der Waals surface area contributed by atoms with Gasteiger partial charge in [-0.2, -0.15) is 0 Å². The highest BCUT2D eigenvalue weighted by Gasteiger charge is 2.50. The molecule has 0 aromatic heterocycles. The monoisotopic (exact) mass is 268 g/mol. The molecular weight excluding hydrogens is 244 g/mol. The molecule has 1 unspecified atom stereocenters. The molecule has 1 fully saturated rings. The lowest BCUT2D eigenvalue weighted by Crippen LogP contribution is -2.41. The van der Waals surface area contributed by atoms with Crippen molar-refractivity contribution in [2.75, 3.05) is 0 Å². The zero-order valence-electron chi connectivity index (χ0n) is 11.8.